The fourth-order valence-electron chi connectivity index (χ4n) is 0.834. The van der Waals surface area contributed by atoms with Gasteiger partial charge in [0.25, 0.3) is 5.91 Å². The maximum atomic E-state index is 11.0. The molecule has 2 aliphatic rings. The van der Waals surface area contributed by atoms with Crippen LogP contribution in [0.3, 0.4) is 0 Å². The van der Waals surface area contributed by atoms with Crippen molar-refractivity contribution in [3.8, 4) is 0 Å². The first kappa shape index (κ1) is 6.48. The molecule has 1 atom stereocenters. The number of rotatable bonds is 0. The number of aliphatic imine (C=N–C) groups is 1. The third-order valence-electron chi connectivity index (χ3n) is 1.31. The molecule has 11 heavy (non-hydrogen) atoms. The summed E-state index contributed by atoms with van der Waals surface area (Å²) < 4.78 is 0. The van der Waals surface area contributed by atoms with Gasteiger partial charge in [-0.15, -0.1) is 5.11 Å². The summed E-state index contributed by atoms with van der Waals surface area (Å²) in [7, 11) is 0. The molecule has 2 rings (SSSR count). The summed E-state index contributed by atoms with van der Waals surface area (Å²) in [6.45, 7) is 0. The van der Waals surface area contributed by atoms with Gasteiger partial charge in [-0.1, -0.05) is 11.6 Å². The largest absolute Gasteiger partial charge is 0.317 e. The Morgan fingerprint density at radius 2 is 2.45 bits per heavy atom. The predicted molar refractivity (Wildman–Crippen MR) is 38.2 cm³/mol. The zero-order valence-electron chi connectivity index (χ0n) is 5.28. The lowest BCUT2D eigenvalue weighted by molar-refractivity contribution is -0.117. The molecule has 0 fully saturated rings. The van der Waals surface area contributed by atoms with Crippen LogP contribution in [0.4, 0.5) is 0 Å². The summed E-state index contributed by atoms with van der Waals surface area (Å²) in [5, 5.41) is 9.52. The maximum absolute atomic E-state index is 11.0. The topological polar surface area (TPSA) is 66.2 Å². The number of nitrogens with zero attached hydrogens (tertiary/aromatic N) is 3. The highest BCUT2D eigenvalue weighted by Gasteiger charge is 2.26. The molecule has 0 aromatic carbocycles. The Hall–Kier alpha value is -1.23. The molecule has 0 saturated heterocycles. The smallest absolute Gasteiger partial charge is 0.259 e. The average molecular weight is 171 g/mol. The number of carbonyl (C=O) groups excluding carboxylic acids is 1. The predicted octanol–water partition coefficient (Wildman–Crippen LogP) is 0.387. The molecule has 0 bridgehead atoms. The minimum atomic E-state index is -0.716. The number of amidine groups is 1. The van der Waals surface area contributed by atoms with Crippen LogP contribution in [0.1, 0.15) is 0 Å². The van der Waals surface area contributed by atoms with E-state index in [0.29, 0.717) is 11.4 Å². The Balaban J connectivity index is 2.45. The van der Waals surface area contributed by atoms with Gasteiger partial charge in [0.15, 0.2) is 11.5 Å². The van der Waals surface area contributed by atoms with Crippen LogP contribution in [0, 0.1) is 0 Å². The minimum Gasteiger partial charge on any atom is -0.317 e. The van der Waals surface area contributed by atoms with Crippen LogP contribution < -0.4 is 5.32 Å². The monoisotopic (exact) mass is 170 g/mol. The Morgan fingerprint density at radius 3 is 3.27 bits per heavy atom. The Labute approximate surface area is 66.9 Å². The molecule has 56 valence electrons. The van der Waals surface area contributed by atoms with E-state index >= 15 is 0 Å². The van der Waals surface area contributed by atoms with Crippen molar-refractivity contribution >= 4 is 23.3 Å². The molecule has 5 nitrogen and oxygen atoms in total. The second-order valence-corrected chi connectivity index (χ2v) is 2.43. The van der Waals surface area contributed by atoms with Crippen LogP contribution in [0.5, 0.6) is 0 Å². The van der Waals surface area contributed by atoms with Gasteiger partial charge >= 0.3 is 0 Å². The van der Waals surface area contributed by atoms with E-state index in [1.54, 1.807) is 0 Å². The van der Waals surface area contributed by atoms with Crippen LogP contribution in [0.25, 0.3) is 0 Å². The number of fused-ring (bicyclic) bond motifs is 1. The number of nitrogens with one attached hydrogen (secondary N) is 1. The molecule has 0 aromatic rings. The van der Waals surface area contributed by atoms with Gasteiger partial charge in [0, 0.05) is 0 Å². The van der Waals surface area contributed by atoms with E-state index in [1.807, 2.05) is 0 Å². The minimum absolute atomic E-state index is 0.278. The molecular formula is C5H3ClN4O. The normalized spacial score (nSPS) is 27.4. The van der Waals surface area contributed by atoms with Crippen LogP contribution >= 0.6 is 11.6 Å². The van der Waals surface area contributed by atoms with Gasteiger partial charge in [-0.3, -0.25) is 4.79 Å². The first-order valence-corrected chi connectivity index (χ1v) is 3.35. The van der Waals surface area contributed by atoms with E-state index in [2.05, 4.69) is 20.5 Å². The van der Waals surface area contributed by atoms with Crippen molar-refractivity contribution in [3.05, 3.63) is 11.8 Å². The molecule has 0 radical (unpaired) electrons. The summed E-state index contributed by atoms with van der Waals surface area (Å²) in [4.78, 5) is 14.8. The SMILES string of the molecule is O=C1NC(Cl)N=C2N=NC=C12. The second-order valence-electron chi connectivity index (χ2n) is 2.02. The zero-order chi connectivity index (χ0) is 7.84. The standard InChI is InChI=1S/C5H3ClN4O/c6-5-8-3-2(1-7-10-3)4(11)9-5/h1,5H,(H,9,11). The van der Waals surface area contributed by atoms with E-state index in [-0.39, 0.29) is 5.91 Å². The van der Waals surface area contributed by atoms with Crippen molar-refractivity contribution in [2.24, 2.45) is 15.2 Å². The molecule has 1 amide bonds. The van der Waals surface area contributed by atoms with Gasteiger partial charge < -0.3 is 5.32 Å². The van der Waals surface area contributed by atoms with E-state index in [9.17, 15) is 4.79 Å². The Morgan fingerprint density at radius 1 is 1.64 bits per heavy atom. The molecule has 6 heteroatoms. The lowest BCUT2D eigenvalue weighted by Gasteiger charge is -2.13. The third kappa shape index (κ3) is 0.932. The Kier molecular flexibility index (Phi) is 1.25. The first-order valence-electron chi connectivity index (χ1n) is 2.91. The molecule has 2 heterocycles. The molecular weight excluding hydrogens is 168 g/mol. The third-order valence-corrected chi connectivity index (χ3v) is 1.52. The van der Waals surface area contributed by atoms with E-state index < -0.39 is 5.62 Å². The number of azo groups is 1. The van der Waals surface area contributed by atoms with Crippen molar-refractivity contribution in [2.75, 3.05) is 0 Å². The van der Waals surface area contributed by atoms with Crippen molar-refractivity contribution in [3.63, 3.8) is 0 Å². The summed E-state index contributed by atoms with van der Waals surface area (Å²) >= 11 is 5.53. The summed E-state index contributed by atoms with van der Waals surface area (Å²) in [5.41, 5.74) is -0.339. The number of carbonyl (C=O) groups is 1. The highest BCUT2D eigenvalue weighted by molar-refractivity contribution is 6.29. The van der Waals surface area contributed by atoms with Gasteiger partial charge in [0.1, 0.15) is 5.57 Å². The molecule has 0 spiro atoms. The van der Waals surface area contributed by atoms with E-state index in [1.165, 1.54) is 6.20 Å². The number of amides is 1. The summed E-state index contributed by atoms with van der Waals surface area (Å²) in [6, 6.07) is 0. The van der Waals surface area contributed by atoms with Crippen molar-refractivity contribution in [1.82, 2.24) is 5.32 Å². The van der Waals surface area contributed by atoms with Crippen molar-refractivity contribution in [2.45, 2.75) is 5.62 Å². The van der Waals surface area contributed by atoms with Gasteiger partial charge in [-0.2, -0.15) is 5.11 Å². The van der Waals surface area contributed by atoms with Gasteiger partial charge in [-0.05, 0) is 0 Å². The van der Waals surface area contributed by atoms with Gasteiger partial charge in [0.05, 0.1) is 6.20 Å². The lowest BCUT2D eigenvalue weighted by atomic mass is 10.2. The van der Waals surface area contributed by atoms with E-state index in [0.717, 1.165) is 0 Å². The molecule has 0 aromatic heterocycles. The number of hydrogen-bond acceptors (Lipinski definition) is 4. The quantitative estimate of drug-likeness (QED) is 0.415. The first-order chi connectivity index (χ1) is 5.27. The molecule has 1 unspecified atom stereocenters. The molecule has 0 aliphatic carbocycles. The number of hydrogen-bond donors (Lipinski definition) is 1. The fourth-order valence-corrected chi connectivity index (χ4v) is 1.03. The highest BCUT2D eigenvalue weighted by atomic mass is 35.5. The number of halogens is 1. The average Bonchev–Trinajstić information content (AvgIpc) is 2.34. The van der Waals surface area contributed by atoms with Crippen LogP contribution in [0.2, 0.25) is 0 Å². The van der Waals surface area contributed by atoms with Crippen molar-refractivity contribution in [1.29, 1.82) is 0 Å². The lowest BCUT2D eigenvalue weighted by Crippen LogP contribution is -2.37. The van der Waals surface area contributed by atoms with Crippen LogP contribution in [-0.2, 0) is 4.79 Å². The fraction of sp³-hybridized carbons (Fsp3) is 0.200. The Bertz CT molecular complexity index is 306. The van der Waals surface area contributed by atoms with E-state index in [4.69, 9.17) is 11.6 Å². The maximum Gasteiger partial charge on any atom is 0.259 e. The molecule has 0 saturated carbocycles. The molecule has 2 aliphatic heterocycles. The van der Waals surface area contributed by atoms with Crippen molar-refractivity contribution < 1.29 is 4.79 Å². The second kappa shape index (κ2) is 2.13. The highest BCUT2D eigenvalue weighted by Crippen LogP contribution is 2.15. The van der Waals surface area contributed by atoms with Crippen LogP contribution in [-0.4, -0.2) is 17.4 Å². The zero-order valence-corrected chi connectivity index (χ0v) is 6.04. The summed E-state index contributed by atoms with van der Waals surface area (Å²) in [5.74, 6) is 0.0359. The number of alkyl halides is 1. The van der Waals surface area contributed by atoms with Gasteiger partial charge in [-0.25, -0.2) is 4.99 Å². The van der Waals surface area contributed by atoms with Gasteiger partial charge in [0.2, 0.25) is 0 Å². The summed E-state index contributed by atoms with van der Waals surface area (Å²) in [6.07, 6.45) is 1.36. The van der Waals surface area contributed by atoms with Crippen LogP contribution in [0.15, 0.2) is 27.0 Å². The molecule has 1 N–H and O–H groups in total.